The first-order valence-electron chi connectivity index (χ1n) is 4.66. The number of hydrogen-bond acceptors (Lipinski definition) is 3. The number of aromatic nitrogens is 2. The van der Waals surface area contributed by atoms with Gasteiger partial charge in [-0.2, -0.15) is 5.26 Å². The molecular formula is C11H9FN4. The molecule has 0 fully saturated rings. The molecule has 0 saturated carbocycles. The van der Waals surface area contributed by atoms with Gasteiger partial charge in [-0.15, -0.1) is 0 Å². The van der Waals surface area contributed by atoms with Gasteiger partial charge >= 0.3 is 0 Å². The van der Waals surface area contributed by atoms with Gasteiger partial charge in [-0.1, -0.05) is 12.1 Å². The van der Waals surface area contributed by atoms with Crippen LogP contribution in [-0.4, -0.2) is 9.55 Å². The molecule has 2 aromatic rings. The zero-order valence-corrected chi connectivity index (χ0v) is 8.39. The van der Waals surface area contributed by atoms with E-state index in [1.807, 2.05) is 6.07 Å². The van der Waals surface area contributed by atoms with Crippen molar-refractivity contribution >= 4 is 5.69 Å². The van der Waals surface area contributed by atoms with E-state index < -0.39 is 5.82 Å². The fraction of sp³-hybridized carbons (Fsp3) is 0.0909. The van der Waals surface area contributed by atoms with E-state index in [2.05, 4.69) is 4.98 Å². The van der Waals surface area contributed by atoms with Crippen molar-refractivity contribution in [3.63, 3.8) is 0 Å². The Kier molecular flexibility index (Phi) is 2.56. The summed E-state index contributed by atoms with van der Waals surface area (Å²) in [7, 11) is 0. The lowest BCUT2D eigenvalue weighted by molar-refractivity contribution is 0.603. The largest absolute Gasteiger partial charge is 0.396 e. The van der Waals surface area contributed by atoms with E-state index in [1.54, 1.807) is 22.9 Å². The van der Waals surface area contributed by atoms with Crippen LogP contribution in [0.1, 0.15) is 11.4 Å². The van der Waals surface area contributed by atoms with Gasteiger partial charge < -0.3 is 10.3 Å². The number of nitrogens with zero attached hydrogens (tertiary/aromatic N) is 3. The molecule has 2 N–H and O–H groups in total. The lowest BCUT2D eigenvalue weighted by Gasteiger charge is -2.06. The first-order chi connectivity index (χ1) is 7.72. The highest BCUT2D eigenvalue weighted by atomic mass is 19.1. The van der Waals surface area contributed by atoms with Crippen molar-refractivity contribution in [1.29, 1.82) is 5.26 Å². The number of halogens is 1. The molecular weight excluding hydrogens is 207 g/mol. The number of nitrogens with two attached hydrogens (primary N) is 1. The molecule has 1 heterocycles. The van der Waals surface area contributed by atoms with Gasteiger partial charge in [-0.25, -0.2) is 9.37 Å². The van der Waals surface area contributed by atoms with E-state index >= 15 is 0 Å². The SMILES string of the molecule is N#Cc1nccn1Cc1cccc(N)c1F. The average molecular weight is 216 g/mol. The van der Waals surface area contributed by atoms with Crippen LogP contribution >= 0.6 is 0 Å². The number of nitriles is 1. The molecule has 0 saturated heterocycles. The number of anilines is 1. The number of rotatable bonds is 2. The van der Waals surface area contributed by atoms with Crippen LogP contribution in [-0.2, 0) is 6.54 Å². The quantitative estimate of drug-likeness (QED) is 0.774. The minimum atomic E-state index is -0.444. The molecule has 0 radical (unpaired) electrons. The molecule has 0 aliphatic carbocycles. The Morgan fingerprint density at radius 1 is 1.50 bits per heavy atom. The van der Waals surface area contributed by atoms with Crippen molar-refractivity contribution in [2.75, 3.05) is 5.73 Å². The number of nitrogen functional groups attached to an aromatic ring is 1. The average Bonchev–Trinajstić information content (AvgIpc) is 2.72. The third kappa shape index (κ3) is 1.73. The maximum atomic E-state index is 13.6. The fourth-order valence-corrected chi connectivity index (χ4v) is 1.46. The monoisotopic (exact) mass is 216 g/mol. The van der Waals surface area contributed by atoms with Gasteiger partial charge in [0.05, 0.1) is 12.2 Å². The minimum absolute atomic E-state index is 0.108. The van der Waals surface area contributed by atoms with Crippen LogP contribution in [0.5, 0.6) is 0 Å². The van der Waals surface area contributed by atoms with E-state index in [9.17, 15) is 4.39 Å². The molecule has 0 spiro atoms. The van der Waals surface area contributed by atoms with Crippen LogP contribution in [0, 0.1) is 17.1 Å². The summed E-state index contributed by atoms with van der Waals surface area (Å²) in [4.78, 5) is 3.83. The Morgan fingerprint density at radius 2 is 2.31 bits per heavy atom. The van der Waals surface area contributed by atoms with Crippen molar-refractivity contribution in [3.05, 3.63) is 47.8 Å². The van der Waals surface area contributed by atoms with Crippen LogP contribution in [0.4, 0.5) is 10.1 Å². The van der Waals surface area contributed by atoms with Crippen molar-refractivity contribution < 1.29 is 4.39 Å². The maximum Gasteiger partial charge on any atom is 0.213 e. The van der Waals surface area contributed by atoms with Gasteiger partial charge in [-0.3, -0.25) is 0 Å². The second kappa shape index (κ2) is 4.03. The molecule has 0 aliphatic heterocycles. The van der Waals surface area contributed by atoms with Gasteiger partial charge in [0.25, 0.3) is 0 Å². The van der Waals surface area contributed by atoms with Crippen LogP contribution in [0.2, 0.25) is 0 Å². The van der Waals surface area contributed by atoms with Crippen molar-refractivity contribution in [1.82, 2.24) is 9.55 Å². The number of benzene rings is 1. The minimum Gasteiger partial charge on any atom is -0.396 e. The molecule has 0 bridgehead atoms. The van der Waals surface area contributed by atoms with E-state index in [0.717, 1.165) is 0 Å². The van der Waals surface area contributed by atoms with Crippen LogP contribution < -0.4 is 5.73 Å². The van der Waals surface area contributed by atoms with Crippen LogP contribution in [0.15, 0.2) is 30.6 Å². The van der Waals surface area contributed by atoms with Gasteiger partial charge in [-0.05, 0) is 6.07 Å². The summed E-state index contributed by atoms with van der Waals surface area (Å²) in [5.74, 6) is -0.193. The summed E-state index contributed by atoms with van der Waals surface area (Å²) >= 11 is 0. The smallest absolute Gasteiger partial charge is 0.213 e. The highest BCUT2D eigenvalue weighted by molar-refractivity contribution is 5.43. The maximum absolute atomic E-state index is 13.6. The Morgan fingerprint density at radius 3 is 3.06 bits per heavy atom. The third-order valence-corrected chi connectivity index (χ3v) is 2.26. The van der Waals surface area contributed by atoms with Crippen molar-refractivity contribution in [2.45, 2.75) is 6.54 Å². The summed E-state index contributed by atoms with van der Waals surface area (Å²) < 4.78 is 15.2. The molecule has 0 atom stereocenters. The lowest BCUT2D eigenvalue weighted by atomic mass is 10.2. The molecule has 5 heteroatoms. The summed E-state index contributed by atoms with van der Waals surface area (Å²) in [5.41, 5.74) is 6.00. The summed E-state index contributed by atoms with van der Waals surface area (Å²) in [5, 5.41) is 8.76. The summed E-state index contributed by atoms with van der Waals surface area (Å²) in [6.07, 6.45) is 3.13. The van der Waals surface area contributed by atoms with E-state index in [4.69, 9.17) is 11.0 Å². The zero-order valence-electron chi connectivity index (χ0n) is 8.39. The third-order valence-electron chi connectivity index (χ3n) is 2.26. The topological polar surface area (TPSA) is 67.6 Å². The van der Waals surface area contributed by atoms with Gasteiger partial charge in [0.15, 0.2) is 5.82 Å². The van der Waals surface area contributed by atoms with Crippen molar-refractivity contribution in [3.8, 4) is 6.07 Å². The molecule has 2 rings (SSSR count). The van der Waals surface area contributed by atoms with Gasteiger partial charge in [0.2, 0.25) is 5.82 Å². The first-order valence-corrected chi connectivity index (χ1v) is 4.66. The zero-order chi connectivity index (χ0) is 11.5. The predicted molar refractivity (Wildman–Crippen MR) is 56.9 cm³/mol. The molecule has 80 valence electrons. The van der Waals surface area contributed by atoms with Gasteiger partial charge in [0.1, 0.15) is 6.07 Å². The standard InChI is InChI=1S/C11H9FN4/c12-11-8(2-1-3-9(11)14)7-16-5-4-15-10(16)6-13/h1-5H,7,14H2. The molecule has 0 amide bonds. The predicted octanol–water partition coefficient (Wildman–Crippen LogP) is 1.52. The molecule has 4 nitrogen and oxygen atoms in total. The fourth-order valence-electron chi connectivity index (χ4n) is 1.46. The molecule has 0 unspecified atom stereocenters. The normalized spacial score (nSPS) is 10.0. The Labute approximate surface area is 91.8 Å². The van der Waals surface area contributed by atoms with Gasteiger partial charge in [0, 0.05) is 18.0 Å². The van der Waals surface area contributed by atoms with Crippen molar-refractivity contribution in [2.24, 2.45) is 0 Å². The molecule has 16 heavy (non-hydrogen) atoms. The van der Waals surface area contributed by atoms with E-state index in [0.29, 0.717) is 5.56 Å². The number of imidazole rings is 1. The Balaban J connectivity index is 2.35. The molecule has 1 aromatic carbocycles. The highest BCUT2D eigenvalue weighted by Crippen LogP contribution is 2.16. The van der Waals surface area contributed by atoms with Crippen LogP contribution in [0.3, 0.4) is 0 Å². The number of hydrogen-bond donors (Lipinski definition) is 1. The second-order valence-corrected chi connectivity index (χ2v) is 3.31. The summed E-state index contributed by atoms with van der Waals surface area (Å²) in [6, 6.07) is 6.74. The second-order valence-electron chi connectivity index (χ2n) is 3.31. The van der Waals surface area contributed by atoms with E-state index in [-0.39, 0.29) is 18.1 Å². The van der Waals surface area contributed by atoms with E-state index in [1.165, 1.54) is 12.3 Å². The molecule has 1 aromatic heterocycles. The first kappa shape index (κ1) is 10.2. The highest BCUT2D eigenvalue weighted by Gasteiger charge is 2.08. The molecule has 0 aliphatic rings. The lowest BCUT2D eigenvalue weighted by Crippen LogP contribution is -2.05. The summed E-state index contributed by atoms with van der Waals surface area (Å²) in [6.45, 7) is 0.250. The Bertz CT molecular complexity index is 553. The Hall–Kier alpha value is -2.35. The van der Waals surface area contributed by atoms with Crippen LogP contribution in [0.25, 0.3) is 0 Å².